The molecule has 5 heteroatoms. The number of hydrogen-bond donors (Lipinski definition) is 1. The third-order valence-electron chi connectivity index (χ3n) is 3.77. The standard InChI is InChI=1S/C15H19NO4/c1-9-4-5-10(2)12(6-9)14(17)16-8-11(20-3)7-13(16)15(18)19/h4-6,11,13H,7-8H2,1-3H3,(H,18,19). The maximum Gasteiger partial charge on any atom is 0.326 e. The zero-order chi connectivity index (χ0) is 14.9. The second-order valence-corrected chi connectivity index (χ2v) is 5.22. The Labute approximate surface area is 118 Å². The normalized spacial score (nSPS) is 22.1. The molecule has 108 valence electrons. The molecular weight excluding hydrogens is 258 g/mol. The summed E-state index contributed by atoms with van der Waals surface area (Å²) in [7, 11) is 1.54. The van der Waals surface area contributed by atoms with Crippen LogP contribution in [0.5, 0.6) is 0 Å². The molecule has 0 bridgehead atoms. The van der Waals surface area contributed by atoms with E-state index in [0.717, 1.165) is 11.1 Å². The fourth-order valence-corrected chi connectivity index (χ4v) is 2.55. The Hall–Kier alpha value is -1.88. The fourth-order valence-electron chi connectivity index (χ4n) is 2.55. The van der Waals surface area contributed by atoms with Crippen molar-refractivity contribution in [3.63, 3.8) is 0 Å². The van der Waals surface area contributed by atoms with E-state index in [9.17, 15) is 14.7 Å². The highest BCUT2D eigenvalue weighted by molar-refractivity contribution is 5.98. The molecule has 1 heterocycles. The van der Waals surface area contributed by atoms with Crippen LogP contribution in [0.2, 0.25) is 0 Å². The summed E-state index contributed by atoms with van der Waals surface area (Å²) < 4.78 is 5.20. The number of carboxylic acid groups (broad SMARTS) is 1. The molecule has 20 heavy (non-hydrogen) atoms. The maximum absolute atomic E-state index is 12.6. The number of nitrogens with zero attached hydrogens (tertiary/aromatic N) is 1. The number of amides is 1. The molecule has 1 aromatic rings. The van der Waals surface area contributed by atoms with Crippen LogP contribution in [-0.2, 0) is 9.53 Å². The monoisotopic (exact) mass is 277 g/mol. The predicted octanol–water partition coefficient (Wildman–Crippen LogP) is 1.62. The van der Waals surface area contributed by atoms with Gasteiger partial charge in [0.15, 0.2) is 0 Å². The quantitative estimate of drug-likeness (QED) is 0.911. The Morgan fingerprint density at radius 3 is 2.65 bits per heavy atom. The lowest BCUT2D eigenvalue weighted by Crippen LogP contribution is -2.40. The van der Waals surface area contributed by atoms with Gasteiger partial charge < -0.3 is 14.7 Å². The molecule has 1 aromatic carbocycles. The van der Waals surface area contributed by atoms with E-state index < -0.39 is 12.0 Å². The van der Waals surface area contributed by atoms with Crippen LogP contribution in [0, 0.1) is 13.8 Å². The Kier molecular flexibility index (Phi) is 4.09. The van der Waals surface area contributed by atoms with E-state index in [-0.39, 0.29) is 12.0 Å². The summed E-state index contributed by atoms with van der Waals surface area (Å²) in [4.78, 5) is 25.3. The van der Waals surface area contributed by atoms with Crippen molar-refractivity contribution in [3.8, 4) is 0 Å². The summed E-state index contributed by atoms with van der Waals surface area (Å²) in [5, 5.41) is 9.27. The molecule has 2 unspecified atom stereocenters. The zero-order valence-electron chi connectivity index (χ0n) is 11.9. The topological polar surface area (TPSA) is 66.8 Å². The van der Waals surface area contributed by atoms with Gasteiger partial charge in [-0.15, -0.1) is 0 Å². The average molecular weight is 277 g/mol. The number of carbonyl (C=O) groups is 2. The summed E-state index contributed by atoms with van der Waals surface area (Å²) in [5.41, 5.74) is 2.40. The summed E-state index contributed by atoms with van der Waals surface area (Å²) in [6.07, 6.45) is 0.118. The third kappa shape index (κ3) is 2.67. The first-order valence-corrected chi connectivity index (χ1v) is 6.58. The smallest absolute Gasteiger partial charge is 0.326 e. The lowest BCUT2D eigenvalue weighted by Gasteiger charge is -2.22. The first-order chi connectivity index (χ1) is 9.43. The van der Waals surface area contributed by atoms with E-state index in [1.807, 2.05) is 26.0 Å². The molecule has 1 fully saturated rings. The van der Waals surface area contributed by atoms with Crippen LogP contribution >= 0.6 is 0 Å². The Morgan fingerprint density at radius 2 is 2.05 bits per heavy atom. The molecule has 2 atom stereocenters. The minimum absolute atomic E-state index is 0.217. The molecular formula is C15H19NO4. The Morgan fingerprint density at radius 1 is 1.35 bits per heavy atom. The van der Waals surface area contributed by atoms with Gasteiger partial charge in [0.2, 0.25) is 0 Å². The highest BCUT2D eigenvalue weighted by Gasteiger charge is 2.40. The van der Waals surface area contributed by atoms with Gasteiger partial charge in [-0.25, -0.2) is 4.79 Å². The van der Waals surface area contributed by atoms with Gasteiger partial charge in [-0.05, 0) is 25.5 Å². The van der Waals surface area contributed by atoms with E-state index in [0.29, 0.717) is 18.5 Å². The van der Waals surface area contributed by atoms with Gasteiger partial charge in [-0.3, -0.25) is 4.79 Å². The lowest BCUT2D eigenvalue weighted by molar-refractivity contribution is -0.141. The number of benzene rings is 1. The molecule has 5 nitrogen and oxygen atoms in total. The van der Waals surface area contributed by atoms with E-state index in [1.165, 1.54) is 12.0 Å². The minimum atomic E-state index is -0.983. The third-order valence-corrected chi connectivity index (χ3v) is 3.77. The second kappa shape index (κ2) is 5.63. The molecule has 1 saturated heterocycles. The summed E-state index contributed by atoms with van der Waals surface area (Å²) in [5.74, 6) is -1.22. The van der Waals surface area contributed by atoms with Crippen LogP contribution in [0.4, 0.5) is 0 Å². The summed E-state index contributed by atoms with van der Waals surface area (Å²) >= 11 is 0. The minimum Gasteiger partial charge on any atom is -0.480 e. The largest absolute Gasteiger partial charge is 0.480 e. The lowest BCUT2D eigenvalue weighted by atomic mass is 10.0. The van der Waals surface area contributed by atoms with E-state index in [4.69, 9.17) is 4.74 Å². The number of ether oxygens (including phenoxy) is 1. The molecule has 1 aliphatic heterocycles. The molecule has 1 N–H and O–H groups in total. The van der Waals surface area contributed by atoms with Crippen LogP contribution in [0.3, 0.4) is 0 Å². The molecule has 0 radical (unpaired) electrons. The molecule has 2 rings (SSSR count). The van der Waals surface area contributed by atoms with Gasteiger partial charge >= 0.3 is 5.97 Å². The van der Waals surface area contributed by atoms with E-state index in [2.05, 4.69) is 0 Å². The maximum atomic E-state index is 12.6. The fraction of sp³-hybridized carbons (Fsp3) is 0.467. The van der Waals surface area contributed by atoms with Gasteiger partial charge in [0, 0.05) is 25.6 Å². The molecule has 0 spiro atoms. The van der Waals surface area contributed by atoms with Crippen molar-refractivity contribution in [1.29, 1.82) is 0 Å². The number of hydrogen-bond acceptors (Lipinski definition) is 3. The van der Waals surface area contributed by atoms with Crippen molar-refractivity contribution >= 4 is 11.9 Å². The van der Waals surface area contributed by atoms with Gasteiger partial charge in [0.05, 0.1) is 6.10 Å². The SMILES string of the molecule is COC1CC(C(=O)O)N(C(=O)c2cc(C)ccc2C)C1. The van der Waals surface area contributed by atoms with Gasteiger partial charge in [0.25, 0.3) is 5.91 Å². The van der Waals surface area contributed by atoms with Crippen molar-refractivity contribution in [2.75, 3.05) is 13.7 Å². The zero-order valence-corrected chi connectivity index (χ0v) is 11.9. The van der Waals surface area contributed by atoms with E-state index in [1.54, 1.807) is 6.07 Å². The number of likely N-dealkylation sites (tertiary alicyclic amines) is 1. The van der Waals surface area contributed by atoms with Crippen molar-refractivity contribution in [3.05, 3.63) is 34.9 Å². The van der Waals surface area contributed by atoms with Gasteiger partial charge in [-0.1, -0.05) is 17.7 Å². The van der Waals surface area contributed by atoms with E-state index >= 15 is 0 Å². The number of aryl methyl sites for hydroxylation is 2. The van der Waals surface area contributed by atoms with Crippen LogP contribution < -0.4 is 0 Å². The van der Waals surface area contributed by atoms with Crippen molar-refractivity contribution in [2.45, 2.75) is 32.4 Å². The number of aliphatic carboxylic acids is 1. The van der Waals surface area contributed by atoms with Crippen molar-refractivity contribution in [1.82, 2.24) is 4.90 Å². The summed E-state index contributed by atoms with van der Waals surface area (Å²) in [6.45, 7) is 4.08. The molecule has 1 amide bonds. The van der Waals surface area contributed by atoms with Crippen LogP contribution in [0.1, 0.15) is 27.9 Å². The number of carbonyl (C=O) groups excluding carboxylic acids is 1. The van der Waals surface area contributed by atoms with Crippen LogP contribution in [0.25, 0.3) is 0 Å². The van der Waals surface area contributed by atoms with Crippen LogP contribution in [0.15, 0.2) is 18.2 Å². The highest BCUT2D eigenvalue weighted by Crippen LogP contribution is 2.24. The second-order valence-electron chi connectivity index (χ2n) is 5.22. The molecule has 0 saturated carbocycles. The first kappa shape index (κ1) is 14.5. The predicted molar refractivity (Wildman–Crippen MR) is 73.8 cm³/mol. The molecule has 0 aliphatic carbocycles. The number of methoxy groups -OCH3 is 1. The number of rotatable bonds is 3. The molecule has 1 aliphatic rings. The first-order valence-electron chi connectivity index (χ1n) is 6.58. The Balaban J connectivity index is 2.31. The average Bonchev–Trinajstić information content (AvgIpc) is 2.85. The number of carboxylic acids is 1. The van der Waals surface area contributed by atoms with Crippen LogP contribution in [-0.4, -0.2) is 47.7 Å². The highest BCUT2D eigenvalue weighted by atomic mass is 16.5. The van der Waals surface area contributed by atoms with Gasteiger partial charge in [0.1, 0.15) is 6.04 Å². The Bertz CT molecular complexity index is 541. The van der Waals surface area contributed by atoms with Crippen molar-refractivity contribution < 1.29 is 19.4 Å². The van der Waals surface area contributed by atoms with Crippen molar-refractivity contribution in [2.24, 2.45) is 0 Å². The summed E-state index contributed by atoms with van der Waals surface area (Å²) in [6, 6.07) is 4.80. The molecule has 0 aromatic heterocycles. The van der Waals surface area contributed by atoms with Gasteiger partial charge in [-0.2, -0.15) is 0 Å².